The molecule has 6 rings (SSSR count). The number of nitriles is 2. The lowest BCUT2D eigenvalue weighted by Gasteiger charge is -2.17. The Bertz CT molecular complexity index is 1890. The van der Waals surface area contributed by atoms with Crippen molar-refractivity contribution >= 4 is 33.8 Å². The topological polar surface area (TPSA) is 136 Å². The van der Waals surface area contributed by atoms with Crippen molar-refractivity contribution in [3.63, 3.8) is 0 Å². The quantitative estimate of drug-likeness (QED) is 0.273. The first kappa shape index (κ1) is 27.0. The molecule has 10 nitrogen and oxygen atoms in total. The summed E-state index contributed by atoms with van der Waals surface area (Å²) in [6.07, 6.45) is 7.29. The van der Waals surface area contributed by atoms with Gasteiger partial charge in [-0.1, -0.05) is 18.3 Å². The molecule has 1 saturated carbocycles. The number of anilines is 2. The highest BCUT2D eigenvalue weighted by Gasteiger charge is 2.44. The number of nitrogens with one attached hydrogen (secondary N) is 1. The molecule has 0 saturated heterocycles. The van der Waals surface area contributed by atoms with Crippen LogP contribution in [0.3, 0.4) is 0 Å². The molecule has 42 heavy (non-hydrogen) atoms. The van der Waals surface area contributed by atoms with Gasteiger partial charge in [0.2, 0.25) is 5.91 Å². The second kappa shape index (κ2) is 10.7. The molecule has 1 N–H and O–H groups in total. The molecule has 1 fully saturated rings. The van der Waals surface area contributed by atoms with Crippen LogP contribution in [0.25, 0.3) is 28.0 Å². The maximum Gasteiger partial charge on any atom is 0.228 e. The second-order valence-electron chi connectivity index (χ2n) is 10.0. The number of thiazole rings is 1. The third-order valence-corrected chi connectivity index (χ3v) is 8.17. The van der Waals surface area contributed by atoms with Crippen molar-refractivity contribution in [1.29, 1.82) is 10.5 Å². The monoisotopic (exact) mass is 577 g/mol. The van der Waals surface area contributed by atoms with Crippen LogP contribution in [0, 0.1) is 28.5 Å². The average Bonchev–Trinajstić information content (AvgIpc) is 3.47. The van der Waals surface area contributed by atoms with Crippen LogP contribution >= 0.6 is 11.3 Å². The highest BCUT2D eigenvalue weighted by molar-refractivity contribution is 7.16. The van der Waals surface area contributed by atoms with E-state index < -0.39 is 5.54 Å². The van der Waals surface area contributed by atoms with E-state index in [-0.39, 0.29) is 18.1 Å². The van der Waals surface area contributed by atoms with Crippen molar-refractivity contribution in [2.75, 3.05) is 11.9 Å². The fourth-order valence-corrected chi connectivity index (χ4v) is 5.55. The van der Waals surface area contributed by atoms with E-state index >= 15 is 0 Å². The van der Waals surface area contributed by atoms with Crippen LogP contribution in [0.2, 0.25) is 0 Å². The van der Waals surface area contributed by atoms with E-state index in [0.29, 0.717) is 46.4 Å². The summed E-state index contributed by atoms with van der Waals surface area (Å²) in [5.74, 6) is 0.549. The minimum Gasteiger partial charge on any atom is -0.337 e. The molecule has 0 atom stereocenters. The van der Waals surface area contributed by atoms with Crippen molar-refractivity contribution in [2.24, 2.45) is 0 Å². The summed E-state index contributed by atoms with van der Waals surface area (Å²) >= 11 is 1.26. The summed E-state index contributed by atoms with van der Waals surface area (Å²) < 4.78 is 15.5. The van der Waals surface area contributed by atoms with Gasteiger partial charge in [-0.3, -0.25) is 9.20 Å². The number of pyridine rings is 1. The third kappa shape index (κ3) is 5.04. The van der Waals surface area contributed by atoms with E-state index in [2.05, 4.69) is 27.4 Å². The Kier molecular flexibility index (Phi) is 6.85. The lowest BCUT2D eigenvalue weighted by molar-refractivity contribution is -0.121. The molecule has 4 aromatic heterocycles. The van der Waals surface area contributed by atoms with Gasteiger partial charge in [-0.05, 0) is 55.7 Å². The average molecular weight is 578 g/mol. The smallest absolute Gasteiger partial charge is 0.228 e. The number of halogens is 1. The van der Waals surface area contributed by atoms with Gasteiger partial charge in [0.25, 0.3) is 0 Å². The number of amides is 1. The van der Waals surface area contributed by atoms with Gasteiger partial charge in [-0.15, -0.1) is 0 Å². The van der Waals surface area contributed by atoms with Gasteiger partial charge in [-0.25, -0.2) is 24.3 Å². The Labute approximate surface area is 244 Å². The molecule has 0 spiro atoms. The fraction of sp³-hybridized carbons (Fsp3) is 0.233. The van der Waals surface area contributed by atoms with E-state index in [1.54, 1.807) is 24.5 Å². The molecular formula is C30H24FN9OS. The number of hydrogen-bond acceptors (Lipinski definition) is 9. The van der Waals surface area contributed by atoms with Crippen molar-refractivity contribution in [2.45, 2.75) is 38.1 Å². The molecule has 1 aromatic carbocycles. The summed E-state index contributed by atoms with van der Waals surface area (Å²) in [6.45, 7) is 2.02. The van der Waals surface area contributed by atoms with Crippen molar-refractivity contribution in [1.82, 2.24) is 29.7 Å². The van der Waals surface area contributed by atoms with Gasteiger partial charge < -0.3 is 10.2 Å². The normalized spacial score (nSPS) is 13.4. The molecule has 1 aliphatic carbocycles. The molecule has 12 heteroatoms. The van der Waals surface area contributed by atoms with Crippen LogP contribution in [0.1, 0.15) is 36.2 Å². The van der Waals surface area contributed by atoms with Crippen LogP contribution in [0.5, 0.6) is 0 Å². The number of carbonyl (C=O) groups is 1. The van der Waals surface area contributed by atoms with Crippen molar-refractivity contribution in [3.8, 4) is 34.5 Å². The van der Waals surface area contributed by atoms with Crippen molar-refractivity contribution in [3.05, 3.63) is 77.2 Å². The van der Waals surface area contributed by atoms with E-state index in [0.717, 1.165) is 28.3 Å². The molecule has 208 valence electrons. The Hall–Kier alpha value is -5.20. The molecular weight excluding hydrogens is 553 g/mol. The van der Waals surface area contributed by atoms with Gasteiger partial charge in [0.1, 0.15) is 45.3 Å². The maximum absolute atomic E-state index is 13.5. The van der Waals surface area contributed by atoms with Crippen LogP contribution in [0.15, 0.2) is 55.0 Å². The number of nitrogens with zero attached hydrogens (tertiary/aromatic N) is 8. The highest BCUT2D eigenvalue weighted by Crippen LogP contribution is 2.37. The second-order valence-corrected chi connectivity index (χ2v) is 11.0. The predicted molar refractivity (Wildman–Crippen MR) is 155 cm³/mol. The molecule has 1 amide bonds. The number of carbonyl (C=O) groups excluding carboxylic acids is 1. The zero-order chi connectivity index (χ0) is 29.4. The number of hydrogen-bond donors (Lipinski definition) is 1. The van der Waals surface area contributed by atoms with Crippen LogP contribution in [-0.4, -0.2) is 42.8 Å². The number of fused-ring (bicyclic) bond motifs is 1. The first-order chi connectivity index (χ1) is 20.3. The van der Waals surface area contributed by atoms with Crippen LogP contribution in [0.4, 0.5) is 15.3 Å². The summed E-state index contributed by atoms with van der Waals surface area (Å²) in [5, 5.41) is 22.3. The van der Waals surface area contributed by atoms with Crippen LogP contribution in [-0.2, 0) is 17.6 Å². The summed E-state index contributed by atoms with van der Waals surface area (Å²) in [6, 6.07) is 14.1. The molecule has 0 bridgehead atoms. The van der Waals surface area contributed by atoms with E-state index in [4.69, 9.17) is 9.97 Å². The Morgan fingerprint density at radius 3 is 2.45 bits per heavy atom. The summed E-state index contributed by atoms with van der Waals surface area (Å²) in [5.41, 5.74) is 3.65. The standard InChI is InChI=1S/C30H24FN9OS/c1-3-22-28(39(2)29-37-27(23(13-32)42-29)18-4-7-21(31)8-5-18)40-16-19(6-9-25(40)36-22)20-14-34-24(35-15-20)12-26(41)38-30(17-33)10-11-30/h4-9,14-16H,3,10-12H2,1-2H3,(H,38,41). The first-order valence-corrected chi connectivity index (χ1v) is 14.1. The van der Waals surface area contributed by atoms with Gasteiger partial charge in [0.05, 0.1) is 18.2 Å². The molecule has 4 heterocycles. The van der Waals surface area contributed by atoms with Crippen LogP contribution < -0.4 is 10.2 Å². The summed E-state index contributed by atoms with van der Waals surface area (Å²) in [4.78, 5) is 33.0. The third-order valence-electron chi connectivity index (χ3n) is 7.14. The van der Waals surface area contributed by atoms with E-state index in [9.17, 15) is 19.7 Å². The largest absolute Gasteiger partial charge is 0.337 e. The number of imidazole rings is 1. The molecule has 0 unspecified atom stereocenters. The lowest BCUT2D eigenvalue weighted by Crippen LogP contribution is -2.36. The van der Waals surface area contributed by atoms with E-state index in [1.165, 1.54) is 23.5 Å². The Morgan fingerprint density at radius 2 is 1.81 bits per heavy atom. The van der Waals surface area contributed by atoms with Gasteiger partial charge in [0.15, 0.2) is 5.13 Å². The molecule has 5 aromatic rings. The first-order valence-electron chi connectivity index (χ1n) is 13.3. The Balaban J connectivity index is 1.30. The molecule has 1 aliphatic rings. The number of aryl methyl sites for hydroxylation is 1. The number of benzene rings is 1. The number of aromatic nitrogens is 5. The predicted octanol–water partition coefficient (Wildman–Crippen LogP) is 4.97. The summed E-state index contributed by atoms with van der Waals surface area (Å²) in [7, 11) is 1.88. The van der Waals surface area contributed by atoms with Crippen molar-refractivity contribution < 1.29 is 9.18 Å². The lowest BCUT2D eigenvalue weighted by atomic mass is 10.1. The van der Waals surface area contributed by atoms with Gasteiger partial charge in [-0.2, -0.15) is 10.5 Å². The SMILES string of the molecule is CCc1nc2ccc(-c3cnc(CC(=O)NC4(C#N)CC4)nc3)cn2c1N(C)c1nc(-c2ccc(F)cc2)c(C#N)s1. The maximum atomic E-state index is 13.5. The zero-order valence-corrected chi connectivity index (χ0v) is 23.6. The van der Waals surface area contributed by atoms with Gasteiger partial charge >= 0.3 is 0 Å². The minimum absolute atomic E-state index is 0.00250. The minimum atomic E-state index is -0.725. The van der Waals surface area contributed by atoms with Gasteiger partial charge in [0, 0.05) is 42.3 Å². The molecule has 0 aliphatic heterocycles. The number of rotatable bonds is 8. The van der Waals surface area contributed by atoms with E-state index in [1.807, 2.05) is 41.6 Å². The fourth-order valence-electron chi connectivity index (χ4n) is 4.71. The molecule has 0 radical (unpaired) electrons. The highest BCUT2D eigenvalue weighted by atomic mass is 32.1. The Morgan fingerprint density at radius 1 is 1.10 bits per heavy atom. The zero-order valence-electron chi connectivity index (χ0n) is 22.8.